The summed E-state index contributed by atoms with van der Waals surface area (Å²) in [6.45, 7) is 2.19. The van der Waals surface area contributed by atoms with Crippen LogP contribution in [-0.2, 0) is 6.54 Å². The van der Waals surface area contributed by atoms with E-state index in [2.05, 4.69) is 22.4 Å². The zero-order valence-corrected chi connectivity index (χ0v) is 11.0. The number of aliphatic hydroxyl groups is 1. The van der Waals surface area contributed by atoms with Crippen LogP contribution in [0.5, 0.6) is 0 Å². The molecule has 0 radical (unpaired) electrons. The monoisotopic (exact) mass is 251 g/mol. The zero-order chi connectivity index (χ0) is 11.7. The van der Waals surface area contributed by atoms with Crippen LogP contribution in [0.15, 0.2) is 17.5 Å². The maximum absolute atomic E-state index is 9.94. The minimum absolute atomic E-state index is 0.0421. The maximum atomic E-state index is 9.94. The molecule has 2 atom stereocenters. The molecular formula is C14H21NOS. The summed E-state index contributed by atoms with van der Waals surface area (Å²) in [6.07, 6.45) is 6.11. The van der Waals surface area contributed by atoms with Gasteiger partial charge in [-0.3, -0.25) is 4.90 Å². The summed E-state index contributed by atoms with van der Waals surface area (Å²) in [5.74, 6) is 0.524. The highest BCUT2D eigenvalue weighted by molar-refractivity contribution is 7.09. The van der Waals surface area contributed by atoms with Crippen LogP contribution in [0, 0.1) is 5.92 Å². The molecule has 0 aromatic carbocycles. The van der Waals surface area contributed by atoms with E-state index in [0.717, 1.165) is 25.6 Å². The Labute approximate surface area is 107 Å². The molecule has 17 heavy (non-hydrogen) atoms. The second kappa shape index (κ2) is 5.09. The van der Waals surface area contributed by atoms with Crippen molar-refractivity contribution in [3.63, 3.8) is 0 Å². The SMILES string of the molecule is OC1CCCC1CN(Cc1cccs1)C1CC1. The fourth-order valence-corrected chi connectivity index (χ4v) is 3.65. The molecule has 2 aliphatic rings. The predicted octanol–water partition coefficient (Wildman–Crippen LogP) is 2.87. The fraction of sp³-hybridized carbons (Fsp3) is 0.714. The van der Waals surface area contributed by atoms with E-state index in [4.69, 9.17) is 0 Å². The molecule has 3 heteroatoms. The number of aliphatic hydroxyl groups excluding tert-OH is 1. The quantitative estimate of drug-likeness (QED) is 0.870. The second-order valence-corrected chi connectivity index (χ2v) is 6.53. The third kappa shape index (κ3) is 2.90. The van der Waals surface area contributed by atoms with Gasteiger partial charge in [0, 0.05) is 24.0 Å². The first-order chi connectivity index (χ1) is 8.33. The van der Waals surface area contributed by atoms with Gasteiger partial charge < -0.3 is 5.11 Å². The third-order valence-corrected chi connectivity index (χ3v) is 4.95. The number of hydrogen-bond acceptors (Lipinski definition) is 3. The van der Waals surface area contributed by atoms with E-state index in [1.807, 2.05) is 11.3 Å². The van der Waals surface area contributed by atoms with Crippen molar-refractivity contribution in [2.24, 2.45) is 5.92 Å². The molecule has 0 saturated heterocycles. The molecule has 2 unspecified atom stereocenters. The molecule has 0 bridgehead atoms. The van der Waals surface area contributed by atoms with Crippen molar-refractivity contribution in [1.82, 2.24) is 4.90 Å². The Balaban J connectivity index is 1.60. The lowest BCUT2D eigenvalue weighted by atomic mass is 10.1. The number of thiophene rings is 1. The van der Waals surface area contributed by atoms with Gasteiger partial charge in [-0.25, -0.2) is 0 Å². The summed E-state index contributed by atoms with van der Waals surface area (Å²) in [4.78, 5) is 4.06. The topological polar surface area (TPSA) is 23.5 Å². The van der Waals surface area contributed by atoms with Gasteiger partial charge in [0.15, 0.2) is 0 Å². The van der Waals surface area contributed by atoms with E-state index in [9.17, 15) is 5.11 Å². The fourth-order valence-electron chi connectivity index (χ4n) is 2.92. The van der Waals surface area contributed by atoms with Gasteiger partial charge in [-0.15, -0.1) is 11.3 Å². The van der Waals surface area contributed by atoms with E-state index >= 15 is 0 Å². The Hall–Kier alpha value is -0.380. The van der Waals surface area contributed by atoms with E-state index < -0.39 is 0 Å². The largest absolute Gasteiger partial charge is 0.393 e. The Morgan fingerprint density at radius 1 is 1.29 bits per heavy atom. The van der Waals surface area contributed by atoms with E-state index in [1.165, 1.54) is 30.6 Å². The van der Waals surface area contributed by atoms with Gasteiger partial charge in [-0.2, -0.15) is 0 Å². The summed E-state index contributed by atoms with van der Waals surface area (Å²) in [7, 11) is 0. The molecule has 0 aliphatic heterocycles. The van der Waals surface area contributed by atoms with Crippen LogP contribution in [-0.4, -0.2) is 28.7 Å². The first-order valence-corrected chi connectivity index (χ1v) is 7.65. The highest BCUT2D eigenvalue weighted by atomic mass is 32.1. The second-order valence-electron chi connectivity index (χ2n) is 5.50. The molecule has 2 nitrogen and oxygen atoms in total. The van der Waals surface area contributed by atoms with Crippen LogP contribution in [0.3, 0.4) is 0 Å². The van der Waals surface area contributed by atoms with Crippen LogP contribution in [0.4, 0.5) is 0 Å². The first-order valence-electron chi connectivity index (χ1n) is 6.77. The van der Waals surface area contributed by atoms with Crippen LogP contribution in [0.1, 0.15) is 37.0 Å². The molecule has 0 spiro atoms. The van der Waals surface area contributed by atoms with Gasteiger partial charge in [0.1, 0.15) is 0 Å². The molecular weight excluding hydrogens is 230 g/mol. The van der Waals surface area contributed by atoms with Crippen LogP contribution < -0.4 is 0 Å². The van der Waals surface area contributed by atoms with Crippen molar-refractivity contribution in [3.8, 4) is 0 Å². The van der Waals surface area contributed by atoms with E-state index in [1.54, 1.807) is 0 Å². The summed E-state index contributed by atoms with van der Waals surface area (Å²) < 4.78 is 0. The predicted molar refractivity (Wildman–Crippen MR) is 71.1 cm³/mol. The molecule has 0 amide bonds. The Morgan fingerprint density at radius 3 is 2.76 bits per heavy atom. The Bertz CT molecular complexity index is 347. The van der Waals surface area contributed by atoms with Crippen molar-refractivity contribution in [2.45, 2.75) is 50.8 Å². The molecule has 1 aromatic rings. The number of hydrogen-bond donors (Lipinski definition) is 1. The lowest BCUT2D eigenvalue weighted by molar-refractivity contribution is 0.0969. The lowest BCUT2D eigenvalue weighted by Crippen LogP contribution is -2.33. The van der Waals surface area contributed by atoms with Crippen molar-refractivity contribution in [3.05, 3.63) is 22.4 Å². The van der Waals surface area contributed by atoms with E-state index in [-0.39, 0.29) is 6.10 Å². The summed E-state index contributed by atoms with van der Waals surface area (Å²) >= 11 is 1.85. The molecule has 3 rings (SSSR count). The average molecular weight is 251 g/mol. The van der Waals surface area contributed by atoms with Crippen molar-refractivity contribution in [1.29, 1.82) is 0 Å². The van der Waals surface area contributed by atoms with Crippen LogP contribution in [0.25, 0.3) is 0 Å². The minimum atomic E-state index is -0.0421. The van der Waals surface area contributed by atoms with Crippen molar-refractivity contribution >= 4 is 11.3 Å². The van der Waals surface area contributed by atoms with E-state index in [0.29, 0.717) is 5.92 Å². The molecule has 1 aromatic heterocycles. The van der Waals surface area contributed by atoms with Crippen LogP contribution in [0.2, 0.25) is 0 Å². The maximum Gasteiger partial charge on any atom is 0.0580 e. The Kier molecular flexibility index (Phi) is 3.50. The standard InChI is InChI=1S/C14H21NOS/c16-14-5-1-3-11(14)9-15(12-6-7-12)10-13-4-2-8-17-13/h2,4,8,11-12,14,16H,1,3,5-7,9-10H2. The first kappa shape index (κ1) is 11.7. The minimum Gasteiger partial charge on any atom is -0.393 e. The normalized spacial score (nSPS) is 29.1. The highest BCUT2D eigenvalue weighted by Gasteiger charge is 2.34. The average Bonchev–Trinajstić information content (AvgIpc) is 2.91. The van der Waals surface area contributed by atoms with Gasteiger partial charge in [-0.05, 0) is 43.0 Å². The van der Waals surface area contributed by atoms with Gasteiger partial charge in [-0.1, -0.05) is 12.5 Å². The number of nitrogens with zero attached hydrogens (tertiary/aromatic N) is 1. The molecule has 2 fully saturated rings. The molecule has 94 valence electrons. The van der Waals surface area contributed by atoms with Gasteiger partial charge in [0.2, 0.25) is 0 Å². The molecule has 1 heterocycles. The van der Waals surface area contributed by atoms with Gasteiger partial charge in [0.05, 0.1) is 6.10 Å². The molecule has 2 saturated carbocycles. The number of rotatable bonds is 5. The summed E-state index contributed by atoms with van der Waals surface area (Å²) in [5.41, 5.74) is 0. The summed E-state index contributed by atoms with van der Waals surface area (Å²) in [5, 5.41) is 12.1. The lowest BCUT2D eigenvalue weighted by Gasteiger charge is -2.26. The molecule has 2 aliphatic carbocycles. The zero-order valence-electron chi connectivity index (χ0n) is 10.2. The highest BCUT2D eigenvalue weighted by Crippen LogP contribution is 2.33. The smallest absolute Gasteiger partial charge is 0.0580 e. The van der Waals surface area contributed by atoms with Crippen molar-refractivity contribution in [2.75, 3.05) is 6.54 Å². The van der Waals surface area contributed by atoms with Crippen LogP contribution >= 0.6 is 11.3 Å². The summed E-state index contributed by atoms with van der Waals surface area (Å²) in [6, 6.07) is 5.16. The van der Waals surface area contributed by atoms with Crippen molar-refractivity contribution < 1.29 is 5.11 Å². The third-order valence-electron chi connectivity index (χ3n) is 4.09. The Morgan fingerprint density at radius 2 is 2.18 bits per heavy atom. The molecule has 1 N–H and O–H groups in total. The van der Waals surface area contributed by atoms with Gasteiger partial charge in [0.25, 0.3) is 0 Å². The van der Waals surface area contributed by atoms with Gasteiger partial charge >= 0.3 is 0 Å².